The van der Waals surface area contributed by atoms with Crippen LogP contribution in [0.1, 0.15) is 31.7 Å². The molecule has 1 N–H and O–H groups in total. The monoisotopic (exact) mass is 348 g/mol. The SMILES string of the molecule is CS[C@H](C)C(=O)N1CCCC[C@@H]1C(=O)Nc1ccc2c(c1)CCO2. The molecule has 0 unspecified atom stereocenters. The van der Waals surface area contributed by atoms with Crippen molar-refractivity contribution in [2.75, 3.05) is 24.7 Å². The maximum absolute atomic E-state index is 12.8. The van der Waals surface area contributed by atoms with E-state index in [4.69, 9.17) is 4.74 Å². The number of anilines is 1. The lowest BCUT2D eigenvalue weighted by Crippen LogP contribution is -2.52. The first-order valence-corrected chi connectivity index (χ1v) is 9.79. The predicted octanol–water partition coefficient (Wildman–Crippen LogP) is 2.69. The second-order valence-electron chi connectivity index (χ2n) is 6.33. The van der Waals surface area contributed by atoms with Crippen LogP contribution in [-0.4, -0.2) is 47.4 Å². The van der Waals surface area contributed by atoms with Gasteiger partial charge in [0.05, 0.1) is 11.9 Å². The number of hydrogen-bond acceptors (Lipinski definition) is 4. The number of fused-ring (bicyclic) bond motifs is 1. The van der Waals surface area contributed by atoms with Crippen LogP contribution in [0, 0.1) is 0 Å². The summed E-state index contributed by atoms with van der Waals surface area (Å²) in [7, 11) is 0. The largest absolute Gasteiger partial charge is 0.493 e. The second kappa shape index (κ2) is 7.47. The van der Waals surface area contributed by atoms with Gasteiger partial charge in [0.1, 0.15) is 11.8 Å². The number of ether oxygens (including phenoxy) is 1. The van der Waals surface area contributed by atoms with Crippen LogP contribution in [0.25, 0.3) is 0 Å². The van der Waals surface area contributed by atoms with Crippen molar-refractivity contribution in [3.05, 3.63) is 23.8 Å². The lowest BCUT2D eigenvalue weighted by Gasteiger charge is -2.36. The third-order valence-electron chi connectivity index (χ3n) is 4.75. The number of likely N-dealkylation sites (tertiary alicyclic amines) is 1. The van der Waals surface area contributed by atoms with Gasteiger partial charge < -0.3 is 15.0 Å². The van der Waals surface area contributed by atoms with E-state index < -0.39 is 0 Å². The fraction of sp³-hybridized carbons (Fsp3) is 0.556. The predicted molar refractivity (Wildman–Crippen MR) is 96.6 cm³/mol. The smallest absolute Gasteiger partial charge is 0.247 e. The summed E-state index contributed by atoms with van der Waals surface area (Å²) in [5.74, 6) is 0.871. The molecule has 0 spiro atoms. The van der Waals surface area contributed by atoms with Crippen LogP contribution in [0.5, 0.6) is 5.75 Å². The van der Waals surface area contributed by atoms with E-state index in [2.05, 4.69) is 5.32 Å². The van der Waals surface area contributed by atoms with Crippen LogP contribution in [0.2, 0.25) is 0 Å². The van der Waals surface area contributed by atoms with Gasteiger partial charge in [-0.3, -0.25) is 9.59 Å². The number of nitrogens with zero attached hydrogens (tertiary/aromatic N) is 1. The van der Waals surface area contributed by atoms with Crippen LogP contribution >= 0.6 is 11.8 Å². The molecule has 6 heteroatoms. The molecule has 130 valence electrons. The van der Waals surface area contributed by atoms with Crippen molar-refractivity contribution in [2.24, 2.45) is 0 Å². The number of benzene rings is 1. The highest BCUT2D eigenvalue weighted by Crippen LogP contribution is 2.28. The third-order valence-corrected chi connectivity index (χ3v) is 5.66. The molecule has 1 aromatic rings. The highest BCUT2D eigenvalue weighted by atomic mass is 32.2. The highest BCUT2D eigenvalue weighted by molar-refractivity contribution is 7.99. The van der Waals surface area contributed by atoms with Gasteiger partial charge in [-0.25, -0.2) is 0 Å². The standard InChI is InChI=1S/C18H24N2O3S/c1-12(24-2)18(22)20-9-4-3-5-15(20)17(21)19-14-6-7-16-13(11-14)8-10-23-16/h6-7,11-12,15H,3-5,8-10H2,1-2H3,(H,19,21)/t12-,15-/m1/s1. The number of carbonyl (C=O) groups is 2. The summed E-state index contributed by atoms with van der Waals surface area (Å²) in [6.45, 7) is 3.27. The first-order chi connectivity index (χ1) is 11.6. The van der Waals surface area contributed by atoms with Crippen molar-refractivity contribution in [1.82, 2.24) is 4.90 Å². The van der Waals surface area contributed by atoms with Crippen molar-refractivity contribution in [1.29, 1.82) is 0 Å². The number of amides is 2. The Kier molecular flexibility index (Phi) is 5.33. The molecule has 1 aromatic carbocycles. The summed E-state index contributed by atoms with van der Waals surface area (Å²) < 4.78 is 5.49. The minimum atomic E-state index is -0.370. The number of carbonyl (C=O) groups excluding carboxylic acids is 2. The molecule has 0 bridgehead atoms. The summed E-state index contributed by atoms with van der Waals surface area (Å²) in [5.41, 5.74) is 1.90. The van der Waals surface area contributed by atoms with Crippen molar-refractivity contribution in [3.8, 4) is 5.75 Å². The van der Waals surface area contributed by atoms with Gasteiger partial charge >= 0.3 is 0 Å². The van der Waals surface area contributed by atoms with E-state index in [9.17, 15) is 9.59 Å². The number of thioether (sulfide) groups is 1. The van der Waals surface area contributed by atoms with E-state index in [1.165, 1.54) is 11.8 Å². The van der Waals surface area contributed by atoms with E-state index in [1.807, 2.05) is 31.4 Å². The second-order valence-corrected chi connectivity index (χ2v) is 7.51. The Labute approximate surface area is 147 Å². The van der Waals surface area contributed by atoms with Crippen LogP contribution in [-0.2, 0) is 16.0 Å². The molecule has 0 aromatic heterocycles. The maximum Gasteiger partial charge on any atom is 0.247 e. The average molecular weight is 348 g/mol. The fourth-order valence-corrected chi connectivity index (χ4v) is 3.63. The summed E-state index contributed by atoms with van der Waals surface area (Å²) in [6, 6.07) is 5.36. The number of rotatable bonds is 4. The third kappa shape index (κ3) is 3.53. The van der Waals surface area contributed by atoms with Gasteiger partial charge in [0.15, 0.2) is 0 Å². The van der Waals surface area contributed by atoms with Crippen LogP contribution in [0.3, 0.4) is 0 Å². The summed E-state index contributed by atoms with van der Waals surface area (Å²) >= 11 is 1.52. The average Bonchev–Trinajstić information content (AvgIpc) is 3.08. The topological polar surface area (TPSA) is 58.6 Å². The summed E-state index contributed by atoms with van der Waals surface area (Å²) in [4.78, 5) is 27.1. The van der Waals surface area contributed by atoms with Gasteiger partial charge in [0.2, 0.25) is 11.8 Å². The maximum atomic E-state index is 12.8. The van der Waals surface area contributed by atoms with E-state index in [0.29, 0.717) is 13.2 Å². The Balaban J connectivity index is 1.71. The number of nitrogens with one attached hydrogen (secondary N) is 1. The molecular formula is C18H24N2O3S. The van der Waals surface area contributed by atoms with Gasteiger partial charge in [0.25, 0.3) is 0 Å². The molecule has 3 rings (SSSR count). The minimum absolute atomic E-state index is 0.0599. The van der Waals surface area contributed by atoms with Crippen LogP contribution < -0.4 is 10.1 Å². The molecular weight excluding hydrogens is 324 g/mol. The Morgan fingerprint density at radius 3 is 3.00 bits per heavy atom. The zero-order valence-corrected chi connectivity index (χ0v) is 15.0. The molecule has 1 fully saturated rings. The molecule has 2 atom stereocenters. The Bertz CT molecular complexity index is 635. The first kappa shape index (κ1) is 17.1. The lowest BCUT2D eigenvalue weighted by molar-refractivity contribution is -0.139. The van der Waals surface area contributed by atoms with Gasteiger partial charge in [-0.15, -0.1) is 0 Å². The lowest BCUT2D eigenvalue weighted by atomic mass is 10.0. The number of hydrogen-bond donors (Lipinski definition) is 1. The minimum Gasteiger partial charge on any atom is -0.493 e. The Hall–Kier alpha value is -1.69. The molecule has 5 nitrogen and oxygen atoms in total. The number of piperidine rings is 1. The van der Waals surface area contributed by atoms with Gasteiger partial charge in [-0.1, -0.05) is 0 Å². The Morgan fingerprint density at radius 2 is 2.21 bits per heavy atom. The Morgan fingerprint density at radius 1 is 1.38 bits per heavy atom. The molecule has 24 heavy (non-hydrogen) atoms. The van der Waals surface area contributed by atoms with E-state index in [1.54, 1.807) is 4.90 Å². The first-order valence-electron chi connectivity index (χ1n) is 8.50. The molecule has 0 radical (unpaired) electrons. The normalized spacial score (nSPS) is 20.9. The van der Waals surface area contributed by atoms with E-state index in [-0.39, 0.29) is 23.1 Å². The quantitative estimate of drug-likeness (QED) is 0.909. The zero-order chi connectivity index (χ0) is 17.1. The molecule has 0 aliphatic carbocycles. The van der Waals surface area contributed by atoms with Gasteiger partial charge in [0, 0.05) is 18.7 Å². The van der Waals surface area contributed by atoms with Crippen molar-refractivity contribution in [3.63, 3.8) is 0 Å². The van der Waals surface area contributed by atoms with Crippen LogP contribution in [0.15, 0.2) is 18.2 Å². The summed E-state index contributed by atoms with van der Waals surface area (Å²) in [5, 5.41) is 2.87. The van der Waals surface area contributed by atoms with Crippen molar-refractivity contribution >= 4 is 29.3 Å². The van der Waals surface area contributed by atoms with Gasteiger partial charge in [-0.05, 0) is 56.2 Å². The zero-order valence-electron chi connectivity index (χ0n) is 14.2. The molecule has 2 heterocycles. The molecule has 2 aliphatic rings. The van der Waals surface area contributed by atoms with E-state index >= 15 is 0 Å². The van der Waals surface area contributed by atoms with Gasteiger partial charge in [-0.2, -0.15) is 11.8 Å². The van der Waals surface area contributed by atoms with Crippen molar-refractivity contribution < 1.29 is 14.3 Å². The molecule has 2 aliphatic heterocycles. The fourth-order valence-electron chi connectivity index (χ4n) is 3.29. The van der Waals surface area contributed by atoms with E-state index in [0.717, 1.165) is 42.7 Å². The molecule has 0 saturated carbocycles. The molecule has 1 saturated heterocycles. The summed E-state index contributed by atoms with van der Waals surface area (Å²) in [6.07, 6.45) is 5.47. The van der Waals surface area contributed by atoms with Crippen LogP contribution in [0.4, 0.5) is 5.69 Å². The van der Waals surface area contributed by atoms with Crippen molar-refractivity contribution in [2.45, 2.75) is 43.9 Å². The molecule has 2 amide bonds. The highest BCUT2D eigenvalue weighted by Gasteiger charge is 2.34.